The molecule has 1 aliphatic heterocycles. The van der Waals surface area contributed by atoms with Crippen molar-refractivity contribution in [3.05, 3.63) is 48.0 Å². The van der Waals surface area contributed by atoms with Gasteiger partial charge in [0.05, 0.1) is 13.2 Å². The summed E-state index contributed by atoms with van der Waals surface area (Å²) in [6, 6.07) is 9.56. The molecule has 0 unspecified atom stereocenters. The Morgan fingerprint density at radius 3 is 2.48 bits per heavy atom. The van der Waals surface area contributed by atoms with Gasteiger partial charge < -0.3 is 15.3 Å². The highest BCUT2D eigenvalue weighted by Crippen LogP contribution is 2.02. The minimum atomic E-state index is -0.488. The normalized spacial score (nSPS) is 13.8. The number of nitrogens with one attached hydrogen (secondary N) is 1. The summed E-state index contributed by atoms with van der Waals surface area (Å²) in [6.07, 6.45) is 2.27. The predicted octanol–water partition coefficient (Wildman–Crippen LogP) is -0.0644. The smallest absolute Gasteiger partial charge is 0.254 e. The molecule has 25 heavy (non-hydrogen) atoms. The third-order valence-electron chi connectivity index (χ3n) is 3.47. The van der Waals surface area contributed by atoms with Crippen molar-refractivity contribution in [2.45, 2.75) is 6.54 Å². The first-order valence-electron chi connectivity index (χ1n) is 7.92. The summed E-state index contributed by atoms with van der Waals surface area (Å²) in [5.41, 5.74) is 0.998. The van der Waals surface area contributed by atoms with Gasteiger partial charge in [-0.05, 0) is 5.56 Å². The van der Waals surface area contributed by atoms with E-state index in [1.54, 1.807) is 0 Å². The second-order valence-corrected chi connectivity index (χ2v) is 5.43. The second kappa shape index (κ2) is 9.67. The molecule has 0 fully saturated rings. The highest BCUT2D eigenvalue weighted by molar-refractivity contribution is 6.14. The van der Waals surface area contributed by atoms with Crippen molar-refractivity contribution in [3.8, 4) is 0 Å². The fourth-order valence-corrected chi connectivity index (χ4v) is 2.19. The Morgan fingerprint density at radius 2 is 1.80 bits per heavy atom. The molecule has 0 aromatic heterocycles. The van der Waals surface area contributed by atoms with Crippen LogP contribution < -0.4 is 5.32 Å². The SMILES string of the molecule is O=C(CN1C(=O)C=CC1=O)NCCOCCN(O)Cc1ccccc1. The fourth-order valence-electron chi connectivity index (χ4n) is 2.19. The lowest BCUT2D eigenvalue weighted by molar-refractivity contribution is -0.141. The van der Waals surface area contributed by atoms with E-state index in [1.165, 1.54) is 0 Å². The van der Waals surface area contributed by atoms with Gasteiger partial charge in [-0.15, -0.1) is 0 Å². The summed E-state index contributed by atoms with van der Waals surface area (Å²) >= 11 is 0. The Hall–Kier alpha value is -2.55. The highest BCUT2D eigenvalue weighted by atomic mass is 16.5. The van der Waals surface area contributed by atoms with Gasteiger partial charge in [0.15, 0.2) is 0 Å². The molecule has 0 saturated carbocycles. The zero-order chi connectivity index (χ0) is 18.1. The van der Waals surface area contributed by atoms with Crippen LogP contribution in [0, 0.1) is 0 Å². The zero-order valence-corrected chi connectivity index (χ0v) is 13.8. The molecule has 1 aromatic rings. The largest absolute Gasteiger partial charge is 0.378 e. The summed E-state index contributed by atoms with van der Waals surface area (Å²) < 4.78 is 5.33. The van der Waals surface area contributed by atoms with E-state index in [1.807, 2.05) is 30.3 Å². The molecule has 1 aliphatic rings. The summed E-state index contributed by atoms with van der Waals surface area (Å²) in [5, 5.41) is 13.5. The molecule has 2 rings (SSSR count). The third-order valence-corrected chi connectivity index (χ3v) is 3.47. The number of imide groups is 1. The average molecular weight is 347 g/mol. The van der Waals surface area contributed by atoms with Crippen molar-refractivity contribution in [1.29, 1.82) is 0 Å². The van der Waals surface area contributed by atoms with E-state index in [9.17, 15) is 19.6 Å². The molecule has 3 amide bonds. The van der Waals surface area contributed by atoms with Gasteiger partial charge in [0, 0.05) is 31.8 Å². The van der Waals surface area contributed by atoms with Crippen LogP contribution in [-0.4, -0.2) is 65.7 Å². The summed E-state index contributed by atoms with van der Waals surface area (Å²) in [4.78, 5) is 35.1. The van der Waals surface area contributed by atoms with E-state index in [2.05, 4.69) is 5.32 Å². The summed E-state index contributed by atoms with van der Waals surface area (Å²) in [7, 11) is 0. The standard InChI is InChI=1S/C17H21N3O5/c21-15(13-20-16(22)6-7-17(20)23)18-8-10-25-11-9-19(24)12-14-4-2-1-3-5-14/h1-7,24H,8-13H2,(H,18,21). The van der Waals surface area contributed by atoms with Gasteiger partial charge in [-0.3, -0.25) is 19.3 Å². The lowest BCUT2D eigenvalue weighted by atomic mass is 10.2. The first-order chi connectivity index (χ1) is 12.1. The van der Waals surface area contributed by atoms with Crippen molar-refractivity contribution in [1.82, 2.24) is 15.3 Å². The molecule has 0 radical (unpaired) electrons. The number of benzene rings is 1. The Kier molecular flexibility index (Phi) is 7.27. The Bertz CT molecular complexity index is 614. The Morgan fingerprint density at radius 1 is 1.12 bits per heavy atom. The molecule has 1 aromatic carbocycles. The second-order valence-electron chi connectivity index (χ2n) is 5.43. The van der Waals surface area contributed by atoms with Crippen molar-refractivity contribution in [2.75, 3.05) is 32.8 Å². The average Bonchev–Trinajstić information content (AvgIpc) is 2.91. The molecular formula is C17H21N3O5. The van der Waals surface area contributed by atoms with Crippen LogP contribution in [0.15, 0.2) is 42.5 Å². The van der Waals surface area contributed by atoms with Crippen molar-refractivity contribution < 1.29 is 24.3 Å². The molecule has 0 atom stereocenters. The maximum Gasteiger partial charge on any atom is 0.254 e. The van der Waals surface area contributed by atoms with Gasteiger partial charge in [0.25, 0.3) is 11.8 Å². The van der Waals surface area contributed by atoms with E-state index in [-0.39, 0.29) is 19.7 Å². The van der Waals surface area contributed by atoms with E-state index < -0.39 is 17.7 Å². The Labute approximate surface area is 145 Å². The molecule has 0 bridgehead atoms. The maximum absolute atomic E-state index is 11.6. The van der Waals surface area contributed by atoms with Gasteiger partial charge in [0.1, 0.15) is 6.54 Å². The van der Waals surface area contributed by atoms with Gasteiger partial charge >= 0.3 is 0 Å². The number of carbonyl (C=O) groups excluding carboxylic acids is 3. The number of hydrogen-bond donors (Lipinski definition) is 2. The molecule has 0 spiro atoms. The van der Waals surface area contributed by atoms with E-state index in [4.69, 9.17) is 4.74 Å². The van der Waals surface area contributed by atoms with Crippen LogP contribution in [0.5, 0.6) is 0 Å². The van der Waals surface area contributed by atoms with Gasteiger partial charge in [-0.25, -0.2) is 0 Å². The van der Waals surface area contributed by atoms with E-state index >= 15 is 0 Å². The first-order valence-corrected chi connectivity index (χ1v) is 7.92. The predicted molar refractivity (Wildman–Crippen MR) is 88.3 cm³/mol. The fraction of sp³-hybridized carbons (Fsp3) is 0.353. The van der Waals surface area contributed by atoms with Gasteiger partial charge in [-0.2, -0.15) is 5.06 Å². The first kappa shape index (κ1) is 18.8. The quantitative estimate of drug-likeness (QED) is 0.349. The number of nitrogens with zero attached hydrogens (tertiary/aromatic N) is 2. The molecule has 8 heteroatoms. The molecule has 0 saturated heterocycles. The molecule has 134 valence electrons. The number of hydroxylamine groups is 2. The Balaban J connectivity index is 1.51. The van der Waals surface area contributed by atoms with Crippen LogP contribution in [0.2, 0.25) is 0 Å². The molecular weight excluding hydrogens is 326 g/mol. The maximum atomic E-state index is 11.6. The molecule has 1 heterocycles. The van der Waals surface area contributed by atoms with Crippen LogP contribution >= 0.6 is 0 Å². The van der Waals surface area contributed by atoms with Crippen LogP contribution in [0.1, 0.15) is 5.56 Å². The van der Waals surface area contributed by atoms with Crippen LogP contribution in [0.25, 0.3) is 0 Å². The van der Waals surface area contributed by atoms with Crippen LogP contribution in [0.4, 0.5) is 0 Å². The lowest BCUT2D eigenvalue weighted by Gasteiger charge is -2.15. The molecule has 8 nitrogen and oxygen atoms in total. The topological polar surface area (TPSA) is 99.2 Å². The summed E-state index contributed by atoms with van der Waals surface area (Å²) in [5.74, 6) is -1.41. The lowest BCUT2D eigenvalue weighted by Crippen LogP contribution is -2.41. The number of rotatable bonds is 10. The third kappa shape index (κ3) is 6.46. The minimum Gasteiger partial charge on any atom is -0.378 e. The number of hydrogen-bond acceptors (Lipinski definition) is 6. The van der Waals surface area contributed by atoms with Gasteiger partial charge in [0.2, 0.25) is 5.91 Å². The van der Waals surface area contributed by atoms with Crippen LogP contribution in [-0.2, 0) is 25.7 Å². The van der Waals surface area contributed by atoms with Crippen molar-refractivity contribution >= 4 is 17.7 Å². The van der Waals surface area contributed by atoms with Gasteiger partial charge in [-0.1, -0.05) is 30.3 Å². The van der Waals surface area contributed by atoms with Crippen molar-refractivity contribution in [3.63, 3.8) is 0 Å². The summed E-state index contributed by atoms with van der Waals surface area (Å²) in [6.45, 7) is 1.29. The number of amides is 3. The molecule has 2 N–H and O–H groups in total. The minimum absolute atomic E-state index is 0.257. The monoisotopic (exact) mass is 347 g/mol. The van der Waals surface area contributed by atoms with Crippen LogP contribution in [0.3, 0.4) is 0 Å². The highest BCUT2D eigenvalue weighted by Gasteiger charge is 2.25. The van der Waals surface area contributed by atoms with E-state index in [0.717, 1.165) is 27.7 Å². The van der Waals surface area contributed by atoms with Crippen molar-refractivity contribution in [2.24, 2.45) is 0 Å². The zero-order valence-electron chi connectivity index (χ0n) is 13.8. The number of ether oxygens (including phenoxy) is 1. The van der Waals surface area contributed by atoms with E-state index in [0.29, 0.717) is 19.7 Å². The number of carbonyl (C=O) groups is 3. The molecule has 0 aliphatic carbocycles.